The number of anilines is 2. The molecule has 0 bridgehead atoms. The summed E-state index contributed by atoms with van der Waals surface area (Å²) < 4.78 is 0. The third-order valence-corrected chi connectivity index (χ3v) is 5.22. The van der Waals surface area contributed by atoms with Gasteiger partial charge in [0.05, 0.1) is 11.4 Å². The molecule has 140 valence electrons. The predicted molar refractivity (Wildman–Crippen MR) is 98.7 cm³/mol. The second-order valence-corrected chi connectivity index (χ2v) is 6.70. The fourth-order valence-electron chi connectivity index (χ4n) is 3.88. The number of piperidine rings is 1. The lowest BCUT2D eigenvalue weighted by Crippen LogP contribution is -2.56. The van der Waals surface area contributed by atoms with Gasteiger partial charge < -0.3 is 14.9 Å². The van der Waals surface area contributed by atoms with Gasteiger partial charge in [-0.05, 0) is 51.3 Å². The van der Waals surface area contributed by atoms with E-state index in [-0.39, 0.29) is 24.4 Å². The molecule has 2 aliphatic heterocycles. The number of aliphatic carboxylic acids is 1. The number of fused-ring (bicyclic) bond motifs is 3. The second kappa shape index (κ2) is 7.35. The van der Waals surface area contributed by atoms with Gasteiger partial charge >= 0.3 is 5.97 Å². The number of benzene rings is 1. The van der Waals surface area contributed by atoms with E-state index in [1.165, 1.54) is 4.90 Å². The summed E-state index contributed by atoms with van der Waals surface area (Å²) in [5, 5.41) is 9.27. The van der Waals surface area contributed by atoms with Gasteiger partial charge in [0, 0.05) is 25.2 Å². The molecule has 1 N–H and O–H groups in total. The summed E-state index contributed by atoms with van der Waals surface area (Å²) in [4.78, 5) is 42.0. The topological polar surface area (TPSA) is 81.2 Å². The van der Waals surface area contributed by atoms with Crippen LogP contribution in [-0.4, -0.2) is 60.0 Å². The summed E-state index contributed by atoms with van der Waals surface area (Å²) >= 11 is 0. The van der Waals surface area contributed by atoms with Crippen LogP contribution in [0.1, 0.15) is 43.5 Å². The van der Waals surface area contributed by atoms with Gasteiger partial charge in [-0.3, -0.25) is 19.3 Å². The van der Waals surface area contributed by atoms with Crippen molar-refractivity contribution >= 4 is 29.2 Å². The van der Waals surface area contributed by atoms with Crippen LogP contribution >= 0.6 is 0 Å². The molecule has 2 aliphatic rings. The lowest BCUT2D eigenvalue weighted by atomic mass is 9.95. The van der Waals surface area contributed by atoms with Gasteiger partial charge in [-0.25, -0.2) is 0 Å². The van der Waals surface area contributed by atoms with E-state index < -0.39 is 5.97 Å². The van der Waals surface area contributed by atoms with Gasteiger partial charge in [0.15, 0.2) is 0 Å². The Bertz CT molecular complexity index is 729. The number of amides is 2. The molecule has 2 heterocycles. The summed E-state index contributed by atoms with van der Waals surface area (Å²) in [6.07, 6.45) is 2.69. The van der Waals surface area contributed by atoms with E-state index in [1.807, 2.05) is 19.9 Å². The van der Waals surface area contributed by atoms with Crippen LogP contribution in [0.3, 0.4) is 0 Å². The Morgan fingerprint density at radius 3 is 2.58 bits per heavy atom. The number of carboxylic acids is 1. The summed E-state index contributed by atoms with van der Waals surface area (Å²) in [6.45, 7) is 5.40. The molecule has 26 heavy (non-hydrogen) atoms. The molecule has 1 aromatic rings. The predicted octanol–water partition coefficient (Wildman–Crippen LogP) is 1.96. The molecule has 1 unspecified atom stereocenters. The highest BCUT2D eigenvalue weighted by Gasteiger charge is 2.40. The van der Waals surface area contributed by atoms with Crippen LogP contribution in [0.25, 0.3) is 0 Å². The maximum atomic E-state index is 12.9. The summed E-state index contributed by atoms with van der Waals surface area (Å²) in [5.74, 6) is -1.36. The van der Waals surface area contributed by atoms with Gasteiger partial charge in [0.2, 0.25) is 5.91 Å². The second-order valence-electron chi connectivity index (χ2n) is 6.70. The number of nitrogens with zero attached hydrogens (tertiary/aromatic N) is 3. The van der Waals surface area contributed by atoms with Crippen LogP contribution in [0.5, 0.6) is 0 Å². The van der Waals surface area contributed by atoms with Crippen molar-refractivity contribution in [2.75, 3.05) is 36.0 Å². The standard InChI is InChI=1S/C19H25N3O4/c1-3-20(4-2)18(25)13-8-9-14-16(11-13)22(12-17(23)24)19(26)15-7-5-6-10-21(14)15/h8-9,11,15H,3-7,10,12H2,1-2H3,(H,23,24). The van der Waals surface area contributed by atoms with E-state index in [0.29, 0.717) is 24.3 Å². The van der Waals surface area contributed by atoms with Crippen molar-refractivity contribution in [1.82, 2.24) is 4.90 Å². The molecular weight excluding hydrogens is 334 g/mol. The monoisotopic (exact) mass is 359 g/mol. The van der Waals surface area contributed by atoms with Crippen LogP contribution in [-0.2, 0) is 9.59 Å². The highest BCUT2D eigenvalue weighted by atomic mass is 16.4. The Morgan fingerprint density at radius 2 is 1.92 bits per heavy atom. The number of carboxylic acid groups (broad SMARTS) is 1. The molecule has 1 saturated heterocycles. The number of carbonyl (C=O) groups excluding carboxylic acids is 2. The van der Waals surface area contributed by atoms with Crippen LogP contribution < -0.4 is 9.80 Å². The van der Waals surface area contributed by atoms with Gasteiger partial charge in [-0.2, -0.15) is 0 Å². The number of hydrogen-bond acceptors (Lipinski definition) is 4. The van der Waals surface area contributed by atoms with E-state index in [2.05, 4.69) is 4.90 Å². The van der Waals surface area contributed by atoms with E-state index in [1.54, 1.807) is 17.0 Å². The average molecular weight is 359 g/mol. The van der Waals surface area contributed by atoms with Crippen LogP contribution in [0, 0.1) is 0 Å². The molecule has 2 amide bonds. The van der Waals surface area contributed by atoms with E-state index in [4.69, 9.17) is 0 Å². The molecule has 0 aromatic heterocycles. The zero-order valence-electron chi connectivity index (χ0n) is 15.3. The average Bonchev–Trinajstić information content (AvgIpc) is 2.65. The van der Waals surface area contributed by atoms with Crippen LogP contribution in [0.15, 0.2) is 18.2 Å². The summed E-state index contributed by atoms with van der Waals surface area (Å²) in [5.41, 5.74) is 1.84. The van der Waals surface area contributed by atoms with Crippen molar-refractivity contribution in [3.63, 3.8) is 0 Å². The molecule has 7 heteroatoms. The minimum Gasteiger partial charge on any atom is -0.480 e. The zero-order valence-corrected chi connectivity index (χ0v) is 15.3. The van der Waals surface area contributed by atoms with Gasteiger partial charge in [0.1, 0.15) is 12.6 Å². The van der Waals surface area contributed by atoms with Crippen molar-refractivity contribution in [1.29, 1.82) is 0 Å². The maximum absolute atomic E-state index is 12.9. The minimum absolute atomic E-state index is 0.110. The Morgan fingerprint density at radius 1 is 1.19 bits per heavy atom. The quantitative estimate of drug-likeness (QED) is 0.869. The minimum atomic E-state index is -1.06. The van der Waals surface area contributed by atoms with E-state index in [0.717, 1.165) is 31.5 Å². The SMILES string of the molecule is CCN(CC)C(=O)c1ccc2c(c1)N(CC(=O)O)C(=O)C1CCCCN21. The molecule has 7 nitrogen and oxygen atoms in total. The van der Waals surface area contributed by atoms with E-state index in [9.17, 15) is 19.5 Å². The Balaban J connectivity index is 2.05. The molecule has 1 aromatic carbocycles. The first kappa shape index (κ1) is 18.2. The molecule has 1 fully saturated rings. The largest absolute Gasteiger partial charge is 0.480 e. The third kappa shape index (κ3) is 3.13. The van der Waals surface area contributed by atoms with Crippen LogP contribution in [0.4, 0.5) is 11.4 Å². The number of carbonyl (C=O) groups is 3. The van der Waals surface area contributed by atoms with E-state index >= 15 is 0 Å². The molecule has 0 saturated carbocycles. The first-order chi connectivity index (χ1) is 12.5. The van der Waals surface area contributed by atoms with Crippen LogP contribution in [0.2, 0.25) is 0 Å². The third-order valence-electron chi connectivity index (χ3n) is 5.22. The van der Waals surface area contributed by atoms with Crippen molar-refractivity contribution in [3.05, 3.63) is 23.8 Å². The molecule has 1 atom stereocenters. The molecular formula is C19H25N3O4. The maximum Gasteiger partial charge on any atom is 0.323 e. The van der Waals surface area contributed by atoms with Gasteiger partial charge in [-0.15, -0.1) is 0 Å². The van der Waals surface area contributed by atoms with Crippen molar-refractivity contribution in [2.24, 2.45) is 0 Å². The Hall–Kier alpha value is -2.57. The van der Waals surface area contributed by atoms with Crippen molar-refractivity contribution in [3.8, 4) is 0 Å². The molecule has 0 radical (unpaired) electrons. The lowest BCUT2D eigenvalue weighted by molar-refractivity contribution is -0.137. The Labute approximate surface area is 153 Å². The van der Waals surface area contributed by atoms with Crippen molar-refractivity contribution in [2.45, 2.75) is 39.2 Å². The summed E-state index contributed by atoms with van der Waals surface area (Å²) in [6, 6.07) is 4.99. The zero-order chi connectivity index (χ0) is 18.8. The number of hydrogen-bond donors (Lipinski definition) is 1. The fraction of sp³-hybridized carbons (Fsp3) is 0.526. The Kier molecular flexibility index (Phi) is 5.15. The lowest BCUT2D eigenvalue weighted by Gasteiger charge is -2.45. The molecule has 0 aliphatic carbocycles. The normalized spacial score (nSPS) is 19.0. The summed E-state index contributed by atoms with van der Waals surface area (Å²) in [7, 11) is 0. The highest BCUT2D eigenvalue weighted by Crippen LogP contribution is 2.40. The molecule has 3 rings (SSSR count). The fourth-order valence-corrected chi connectivity index (χ4v) is 3.88. The van der Waals surface area contributed by atoms with Gasteiger partial charge in [-0.1, -0.05) is 0 Å². The first-order valence-electron chi connectivity index (χ1n) is 9.21. The van der Waals surface area contributed by atoms with Crippen molar-refractivity contribution < 1.29 is 19.5 Å². The first-order valence-corrected chi connectivity index (χ1v) is 9.21. The van der Waals surface area contributed by atoms with Gasteiger partial charge in [0.25, 0.3) is 5.91 Å². The smallest absolute Gasteiger partial charge is 0.323 e. The highest BCUT2D eigenvalue weighted by molar-refractivity contribution is 6.09. The number of rotatable bonds is 5. The molecule has 0 spiro atoms.